The number of rotatable bonds is 4. The van der Waals surface area contributed by atoms with Crippen LogP contribution in [0.15, 0.2) is 60.4 Å². The highest BCUT2D eigenvalue weighted by Crippen LogP contribution is 2.28. The number of ether oxygens (including phenoxy) is 2. The van der Waals surface area contributed by atoms with Crippen LogP contribution in [0.2, 0.25) is 5.02 Å². The summed E-state index contributed by atoms with van der Waals surface area (Å²) in [4.78, 5) is 24.4. The van der Waals surface area contributed by atoms with Gasteiger partial charge in [0, 0.05) is 21.8 Å². The number of nitrogens with one attached hydrogen (secondary N) is 1. The van der Waals surface area contributed by atoms with Gasteiger partial charge in [0.1, 0.15) is 5.75 Å². The molecule has 3 rings (SSSR count). The third kappa shape index (κ3) is 4.77. The quantitative estimate of drug-likeness (QED) is 0.768. The van der Waals surface area contributed by atoms with Crippen molar-refractivity contribution in [3.63, 3.8) is 0 Å². The van der Waals surface area contributed by atoms with Crippen molar-refractivity contribution in [2.24, 2.45) is 0 Å². The van der Waals surface area contributed by atoms with E-state index in [1.807, 2.05) is 0 Å². The molecule has 0 bridgehead atoms. The second-order valence-corrected chi connectivity index (χ2v) is 6.62. The first-order valence-corrected chi connectivity index (χ1v) is 8.77. The van der Waals surface area contributed by atoms with Gasteiger partial charge in [0.25, 0.3) is 5.91 Å². The maximum Gasteiger partial charge on any atom is 0.338 e. The van der Waals surface area contributed by atoms with Gasteiger partial charge in [-0.15, -0.1) is 0 Å². The lowest BCUT2D eigenvalue weighted by atomic mass is 10.1. The van der Waals surface area contributed by atoms with Gasteiger partial charge in [-0.2, -0.15) is 0 Å². The van der Waals surface area contributed by atoms with Crippen molar-refractivity contribution < 1.29 is 19.1 Å². The Kier molecular flexibility index (Phi) is 5.62. The molecule has 138 valence electrons. The van der Waals surface area contributed by atoms with Gasteiger partial charge in [-0.05, 0) is 68.5 Å². The van der Waals surface area contributed by atoms with E-state index in [-0.39, 0.29) is 12.0 Å². The Balaban J connectivity index is 1.74. The van der Waals surface area contributed by atoms with Crippen LogP contribution >= 0.6 is 11.6 Å². The van der Waals surface area contributed by atoms with Crippen molar-refractivity contribution in [2.45, 2.75) is 20.0 Å². The van der Waals surface area contributed by atoms with E-state index in [4.69, 9.17) is 21.1 Å². The van der Waals surface area contributed by atoms with Crippen molar-refractivity contribution in [3.05, 3.63) is 76.5 Å². The van der Waals surface area contributed by atoms with Gasteiger partial charge in [0.2, 0.25) is 0 Å². The Bertz CT molecular complexity index is 930. The van der Waals surface area contributed by atoms with Crippen molar-refractivity contribution in [2.75, 3.05) is 5.32 Å². The van der Waals surface area contributed by atoms with Gasteiger partial charge in [0.15, 0.2) is 0 Å². The molecule has 5 nitrogen and oxygen atoms in total. The van der Waals surface area contributed by atoms with E-state index in [2.05, 4.69) is 5.32 Å². The monoisotopic (exact) mass is 383 g/mol. The molecule has 6 heteroatoms. The van der Waals surface area contributed by atoms with Crippen molar-refractivity contribution in [1.29, 1.82) is 0 Å². The van der Waals surface area contributed by atoms with Gasteiger partial charge in [-0.25, -0.2) is 4.79 Å². The van der Waals surface area contributed by atoms with Crippen molar-refractivity contribution in [1.82, 2.24) is 0 Å². The van der Waals surface area contributed by atoms with Gasteiger partial charge >= 0.3 is 5.97 Å². The third-order valence-corrected chi connectivity index (χ3v) is 3.94. The highest BCUT2D eigenvalue weighted by atomic mass is 35.5. The second-order valence-electron chi connectivity index (χ2n) is 6.19. The lowest BCUT2D eigenvalue weighted by Gasteiger charge is -2.09. The molecule has 0 saturated heterocycles. The molecule has 1 N–H and O–H groups in total. The minimum Gasteiger partial charge on any atom is -0.464 e. The van der Waals surface area contributed by atoms with Gasteiger partial charge in [-0.1, -0.05) is 11.6 Å². The zero-order valence-corrected chi connectivity index (χ0v) is 15.6. The highest BCUT2D eigenvalue weighted by molar-refractivity contribution is 6.30. The first-order valence-electron chi connectivity index (χ1n) is 8.39. The van der Waals surface area contributed by atoms with Crippen molar-refractivity contribution >= 4 is 35.2 Å². The molecular weight excluding hydrogens is 366 g/mol. The highest BCUT2D eigenvalue weighted by Gasteiger charge is 2.14. The van der Waals surface area contributed by atoms with Crippen LogP contribution in [-0.2, 0) is 9.53 Å². The fourth-order valence-electron chi connectivity index (χ4n) is 2.45. The normalized spacial score (nSPS) is 12.5. The number of hydrogen-bond acceptors (Lipinski definition) is 4. The van der Waals surface area contributed by atoms with E-state index in [9.17, 15) is 9.59 Å². The van der Waals surface area contributed by atoms with Crippen LogP contribution in [0.25, 0.3) is 6.08 Å². The molecule has 0 saturated carbocycles. The molecule has 1 aliphatic rings. The van der Waals surface area contributed by atoms with E-state index >= 15 is 0 Å². The van der Waals surface area contributed by atoms with E-state index in [0.717, 1.165) is 0 Å². The minimum absolute atomic E-state index is 0.190. The summed E-state index contributed by atoms with van der Waals surface area (Å²) >= 11 is 6.02. The number of carbonyl (C=O) groups excluding carboxylic acids is 2. The van der Waals surface area contributed by atoms with Gasteiger partial charge < -0.3 is 14.8 Å². The molecule has 0 aliphatic carbocycles. The number of halogens is 1. The second kappa shape index (κ2) is 8.10. The molecule has 0 aromatic heterocycles. The molecule has 1 aliphatic heterocycles. The SMILES string of the molecule is CC(C)OC(=O)c1ccc(NC(=O)C2=Cc3cc(Cl)ccc3OC=C2)cc1. The van der Waals surface area contributed by atoms with Crippen LogP contribution in [0.5, 0.6) is 5.75 Å². The largest absolute Gasteiger partial charge is 0.464 e. The Morgan fingerprint density at radius 3 is 2.56 bits per heavy atom. The van der Waals surface area contributed by atoms with E-state index in [0.29, 0.717) is 33.2 Å². The fourth-order valence-corrected chi connectivity index (χ4v) is 2.63. The molecule has 0 atom stereocenters. The summed E-state index contributed by atoms with van der Waals surface area (Å²) in [6.07, 6.45) is 4.55. The summed E-state index contributed by atoms with van der Waals surface area (Å²) in [7, 11) is 0. The van der Waals surface area contributed by atoms with Crippen molar-refractivity contribution in [3.8, 4) is 5.75 Å². The lowest BCUT2D eigenvalue weighted by molar-refractivity contribution is -0.112. The van der Waals surface area contributed by atoms with Crippen LogP contribution in [0.1, 0.15) is 29.8 Å². The summed E-state index contributed by atoms with van der Waals surface area (Å²) in [5.41, 5.74) is 2.11. The summed E-state index contributed by atoms with van der Waals surface area (Å²) in [6.45, 7) is 3.57. The third-order valence-electron chi connectivity index (χ3n) is 3.71. The molecule has 0 fully saturated rings. The molecule has 1 heterocycles. The average Bonchev–Trinajstić information content (AvgIpc) is 2.83. The molecule has 0 unspecified atom stereocenters. The molecular formula is C21H18ClNO4. The molecule has 0 radical (unpaired) electrons. The average molecular weight is 384 g/mol. The minimum atomic E-state index is -0.400. The van der Waals surface area contributed by atoms with Crippen LogP contribution in [-0.4, -0.2) is 18.0 Å². The van der Waals surface area contributed by atoms with Crippen LogP contribution in [0.3, 0.4) is 0 Å². The van der Waals surface area contributed by atoms with Crippen LogP contribution < -0.4 is 10.1 Å². The molecule has 2 aromatic rings. The Morgan fingerprint density at radius 2 is 1.85 bits per heavy atom. The Morgan fingerprint density at radius 1 is 1.11 bits per heavy atom. The first kappa shape index (κ1) is 18.7. The number of hydrogen-bond donors (Lipinski definition) is 1. The number of benzene rings is 2. The molecule has 27 heavy (non-hydrogen) atoms. The number of carbonyl (C=O) groups is 2. The maximum atomic E-state index is 12.6. The first-order chi connectivity index (χ1) is 12.9. The molecule has 2 aromatic carbocycles. The predicted octanol–water partition coefficient (Wildman–Crippen LogP) is 4.83. The van der Waals surface area contributed by atoms with E-state index in [1.54, 1.807) is 68.5 Å². The number of fused-ring (bicyclic) bond motifs is 1. The van der Waals surface area contributed by atoms with Gasteiger partial charge in [-0.3, -0.25) is 4.79 Å². The van der Waals surface area contributed by atoms with Gasteiger partial charge in [0.05, 0.1) is 17.9 Å². The standard InChI is InChI=1S/C21H18ClNO4/c1-13(2)27-21(25)14-3-6-18(7-4-14)23-20(24)15-9-10-26-19-8-5-17(22)12-16(19)11-15/h3-13H,1-2H3,(H,23,24). The summed E-state index contributed by atoms with van der Waals surface area (Å²) in [5, 5.41) is 3.35. The smallest absolute Gasteiger partial charge is 0.338 e. The Labute approximate surface area is 162 Å². The number of anilines is 1. The van der Waals surface area contributed by atoms with E-state index in [1.165, 1.54) is 6.26 Å². The van der Waals surface area contributed by atoms with Crippen LogP contribution in [0, 0.1) is 0 Å². The van der Waals surface area contributed by atoms with E-state index < -0.39 is 5.97 Å². The zero-order valence-electron chi connectivity index (χ0n) is 14.9. The van der Waals surface area contributed by atoms with Crippen LogP contribution in [0.4, 0.5) is 5.69 Å². The summed E-state index contributed by atoms with van der Waals surface area (Å²) in [6, 6.07) is 11.7. The topological polar surface area (TPSA) is 64.6 Å². The number of esters is 1. The molecule has 0 spiro atoms. The Hall–Kier alpha value is -3.05. The summed E-state index contributed by atoms with van der Waals surface area (Å²) in [5.74, 6) is -0.0884. The fraction of sp³-hybridized carbons (Fsp3) is 0.143. The lowest BCUT2D eigenvalue weighted by Crippen LogP contribution is -2.14. The number of amides is 1. The summed E-state index contributed by atoms with van der Waals surface area (Å²) < 4.78 is 10.6. The molecule has 1 amide bonds. The zero-order chi connectivity index (χ0) is 19.4. The predicted molar refractivity (Wildman–Crippen MR) is 105 cm³/mol. The maximum absolute atomic E-state index is 12.6.